The van der Waals surface area contributed by atoms with Gasteiger partial charge in [0.2, 0.25) is 0 Å². The maximum Gasteiger partial charge on any atom is 0.182 e. The van der Waals surface area contributed by atoms with E-state index in [4.69, 9.17) is 45.9 Å². The summed E-state index contributed by atoms with van der Waals surface area (Å²) >= 11 is 17.1. The lowest BCUT2D eigenvalue weighted by Gasteiger charge is -2.16. The Hall–Kier alpha value is -1.18. The molecule has 1 aliphatic carbocycles. The first kappa shape index (κ1) is 19.6. The molecule has 0 amide bonds. The Morgan fingerprint density at radius 3 is 2.08 bits per heavy atom. The standard InChI is InChI=1S/C18H17Cl2NO3S2/c1-24-10-18(17(21)25)15(11-2-4-12(19)5-3-11)16(18)26(22,23)14-8-6-13(20)7-9-14/h2-9,15-16H,10H2,1H3,(H2,21,25)/t15-,16-,18-/m0/s1. The Bertz CT molecular complexity index is 930. The van der Waals surface area contributed by atoms with Crippen LogP contribution in [0.15, 0.2) is 53.4 Å². The van der Waals surface area contributed by atoms with Crippen molar-refractivity contribution in [1.82, 2.24) is 0 Å². The molecule has 3 rings (SSSR count). The number of hydrogen-bond acceptors (Lipinski definition) is 4. The Labute approximate surface area is 168 Å². The number of thiocarbonyl (C=S) groups is 1. The maximum absolute atomic E-state index is 13.3. The van der Waals surface area contributed by atoms with Crippen LogP contribution < -0.4 is 5.73 Å². The van der Waals surface area contributed by atoms with E-state index in [0.717, 1.165) is 5.56 Å². The minimum absolute atomic E-state index is 0.118. The molecule has 2 aromatic rings. The second-order valence-electron chi connectivity index (χ2n) is 6.29. The van der Waals surface area contributed by atoms with Crippen molar-refractivity contribution < 1.29 is 13.2 Å². The summed E-state index contributed by atoms with van der Waals surface area (Å²) in [6.07, 6.45) is 0. The van der Waals surface area contributed by atoms with Gasteiger partial charge >= 0.3 is 0 Å². The molecular formula is C18H17Cl2NO3S2. The van der Waals surface area contributed by atoms with E-state index in [2.05, 4.69) is 0 Å². The molecule has 0 aliphatic heterocycles. The minimum Gasteiger partial charge on any atom is -0.393 e. The van der Waals surface area contributed by atoms with Gasteiger partial charge in [-0.2, -0.15) is 0 Å². The van der Waals surface area contributed by atoms with E-state index < -0.39 is 26.4 Å². The lowest BCUT2D eigenvalue weighted by Crippen LogP contribution is -2.33. The van der Waals surface area contributed by atoms with E-state index >= 15 is 0 Å². The Morgan fingerprint density at radius 2 is 1.62 bits per heavy atom. The number of ether oxygens (including phenoxy) is 1. The van der Waals surface area contributed by atoms with Crippen molar-refractivity contribution in [3.63, 3.8) is 0 Å². The fourth-order valence-electron chi connectivity index (χ4n) is 3.55. The van der Waals surface area contributed by atoms with E-state index in [0.29, 0.717) is 10.0 Å². The van der Waals surface area contributed by atoms with Gasteiger partial charge in [-0.25, -0.2) is 8.42 Å². The van der Waals surface area contributed by atoms with Crippen LogP contribution in [-0.2, 0) is 14.6 Å². The first-order chi connectivity index (χ1) is 12.2. The highest BCUT2D eigenvalue weighted by molar-refractivity contribution is 7.92. The Balaban J connectivity index is 2.11. The van der Waals surface area contributed by atoms with Crippen LogP contribution in [0.4, 0.5) is 0 Å². The average Bonchev–Trinajstić information content (AvgIpc) is 3.27. The molecule has 1 saturated carbocycles. The largest absolute Gasteiger partial charge is 0.393 e. The monoisotopic (exact) mass is 429 g/mol. The second-order valence-corrected chi connectivity index (χ2v) is 9.67. The molecular weight excluding hydrogens is 413 g/mol. The van der Waals surface area contributed by atoms with E-state index in [1.165, 1.54) is 19.2 Å². The molecule has 2 aromatic carbocycles. The van der Waals surface area contributed by atoms with Gasteiger partial charge in [-0.05, 0) is 42.0 Å². The zero-order valence-corrected chi connectivity index (χ0v) is 17.0. The molecule has 0 bridgehead atoms. The Kier molecular flexibility index (Phi) is 5.34. The van der Waals surface area contributed by atoms with Crippen molar-refractivity contribution in [1.29, 1.82) is 0 Å². The summed E-state index contributed by atoms with van der Waals surface area (Å²) < 4.78 is 31.9. The number of methoxy groups -OCH3 is 1. The lowest BCUT2D eigenvalue weighted by molar-refractivity contribution is 0.166. The van der Waals surface area contributed by atoms with Gasteiger partial charge in [0, 0.05) is 23.1 Å². The van der Waals surface area contributed by atoms with Crippen molar-refractivity contribution in [3.05, 3.63) is 64.1 Å². The molecule has 0 saturated heterocycles. The summed E-state index contributed by atoms with van der Waals surface area (Å²) in [7, 11) is -2.20. The van der Waals surface area contributed by atoms with Crippen molar-refractivity contribution >= 4 is 50.2 Å². The van der Waals surface area contributed by atoms with Crippen molar-refractivity contribution in [3.8, 4) is 0 Å². The number of benzene rings is 2. The van der Waals surface area contributed by atoms with Gasteiger partial charge in [0.1, 0.15) is 0 Å². The van der Waals surface area contributed by atoms with E-state index in [9.17, 15) is 8.42 Å². The third-order valence-electron chi connectivity index (χ3n) is 4.80. The third kappa shape index (κ3) is 3.14. The van der Waals surface area contributed by atoms with E-state index in [1.54, 1.807) is 36.4 Å². The highest BCUT2D eigenvalue weighted by Gasteiger charge is 2.73. The van der Waals surface area contributed by atoms with Crippen molar-refractivity contribution in [2.45, 2.75) is 16.1 Å². The molecule has 0 spiro atoms. The molecule has 0 radical (unpaired) electrons. The molecule has 2 N–H and O–H groups in total. The number of rotatable bonds is 6. The molecule has 4 nitrogen and oxygen atoms in total. The molecule has 1 fully saturated rings. The second kappa shape index (κ2) is 7.09. The van der Waals surface area contributed by atoms with Gasteiger partial charge in [-0.1, -0.05) is 47.6 Å². The molecule has 0 aromatic heterocycles. The molecule has 0 heterocycles. The fourth-order valence-corrected chi connectivity index (χ4v) is 6.57. The quantitative estimate of drug-likeness (QED) is 0.705. The van der Waals surface area contributed by atoms with Gasteiger partial charge in [0.15, 0.2) is 9.84 Å². The Morgan fingerprint density at radius 1 is 1.12 bits per heavy atom. The molecule has 3 atom stereocenters. The molecule has 8 heteroatoms. The van der Waals surface area contributed by atoms with Crippen LogP contribution in [0.2, 0.25) is 10.0 Å². The van der Waals surface area contributed by atoms with Crippen molar-refractivity contribution in [2.75, 3.05) is 13.7 Å². The number of hydrogen-bond donors (Lipinski definition) is 1. The van der Waals surface area contributed by atoms with Crippen LogP contribution in [0.3, 0.4) is 0 Å². The summed E-state index contributed by atoms with van der Waals surface area (Å²) in [4.78, 5) is 0.307. The van der Waals surface area contributed by atoms with Crippen molar-refractivity contribution in [2.24, 2.45) is 11.1 Å². The zero-order valence-electron chi connectivity index (χ0n) is 13.9. The van der Waals surface area contributed by atoms with Crippen LogP contribution in [0.5, 0.6) is 0 Å². The first-order valence-corrected chi connectivity index (χ1v) is 10.5. The average molecular weight is 430 g/mol. The highest BCUT2D eigenvalue weighted by Crippen LogP contribution is 2.64. The van der Waals surface area contributed by atoms with Gasteiger partial charge in [-0.3, -0.25) is 0 Å². The predicted molar refractivity (Wildman–Crippen MR) is 108 cm³/mol. The predicted octanol–water partition coefficient (Wildman–Crippen LogP) is 3.85. The summed E-state index contributed by atoms with van der Waals surface area (Å²) in [5, 5.41) is 0.223. The van der Waals surface area contributed by atoms with Crippen LogP contribution in [0, 0.1) is 5.41 Å². The van der Waals surface area contributed by atoms with Gasteiger partial charge in [0.25, 0.3) is 0 Å². The fraction of sp³-hybridized carbons (Fsp3) is 0.278. The first-order valence-electron chi connectivity index (χ1n) is 7.79. The minimum atomic E-state index is -3.70. The van der Waals surface area contributed by atoms with Crippen LogP contribution in [0.25, 0.3) is 0 Å². The van der Waals surface area contributed by atoms with Crippen LogP contribution in [-0.4, -0.2) is 32.4 Å². The molecule has 26 heavy (non-hydrogen) atoms. The highest BCUT2D eigenvalue weighted by atomic mass is 35.5. The van der Waals surface area contributed by atoms with Gasteiger partial charge < -0.3 is 10.5 Å². The van der Waals surface area contributed by atoms with Gasteiger partial charge in [0.05, 0.1) is 27.2 Å². The van der Waals surface area contributed by atoms with Gasteiger partial charge in [-0.15, -0.1) is 0 Å². The van der Waals surface area contributed by atoms with Crippen LogP contribution in [0.1, 0.15) is 11.5 Å². The molecule has 0 unspecified atom stereocenters. The zero-order chi connectivity index (χ0) is 19.1. The SMILES string of the molecule is COC[C@]1(C(N)=S)[C@@H](c2ccc(Cl)cc2)[C@@H]1S(=O)(=O)c1ccc(Cl)cc1. The number of nitrogens with two attached hydrogens (primary N) is 1. The normalized spacial score (nSPS) is 25.0. The summed E-state index contributed by atoms with van der Waals surface area (Å²) in [5.74, 6) is -0.405. The summed E-state index contributed by atoms with van der Waals surface area (Å²) in [5.41, 5.74) is 5.85. The third-order valence-corrected chi connectivity index (χ3v) is 7.98. The number of sulfone groups is 1. The van der Waals surface area contributed by atoms with E-state index in [-0.39, 0.29) is 16.5 Å². The molecule has 1 aliphatic rings. The smallest absolute Gasteiger partial charge is 0.182 e. The molecule has 138 valence electrons. The maximum atomic E-state index is 13.3. The van der Waals surface area contributed by atoms with E-state index in [1.807, 2.05) is 0 Å². The lowest BCUT2D eigenvalue weighted by atomic mass is 10.00. The number of halogens is 2. The topological polar surface area (TPSA) is 69.4 Å². The van der Waals surface area contributed by atoms with Crippen LogP contribution >= 0.6 is 35.4 Å². The summed E-state index contributed by atoms with van der Waals surface area (Å²) in [6.45, 7) is 0.118. The summed E-state index contributed by atoms with van der Waals surface area (Å²) in [6, 6.07) is 13.1.